The standard InChI is InChI=1S/C21H31N5O2S/c1-8-25(12-18(27)22-21(5,6)7)19(28)13-29-20-24-23-16(4)26(20)17-11-14(2)9-10-15(17)3/h9-11H,8,12-13H2,1-7H3,(H,22,27). The molecular formula is C21H31N5O2S. The first-order valence-electron chi connectivity index (χ1n) is 9.73. The lowest BCUT2D eigenvalue weighted by Gasteiger charge is -2.25. The first-order valence-corrected chi connectivity index (χ1v) is 10.7. The first kappa shape index (κ1) is 22.9. The van der Waals surface area contributed by atoms with Crippen molar-refractivity contribution in [3.05, 3.63) is 35.2 Å². The van der Waals surface area contributed by atoms with Gasteiger partial charge in [-0.15, -0.1) is 10.2 Å². The van der Waals surface area contributed by atoms with Gasteiger partial charge in [0.05, 0.1) is 18.0 Å². The van der Waals surface area contributed by atoms with Gasteiger partial charge < -0.3 is 10.2 Å². The van der Waals surface area contributed by atoms with Crippen LogP contribution in [0.2, 0.25) is 0 Å². The van der Waals surface area contributed by atoms with Gasteiger partial charge in [-0.1, -0.05) is 23.9 Å². The summed E-state index contributed by atoms with van der Waals surface area (Å²) in [5.74, 6) is 0.701. The molecule has 2 aromatic rings. The predicted molar refractivity (Wildman–Crippen MR) is 116 cm³/mol. The molecule has 0 aliphatic heterocycles. The van der Waals surface area contributed by atoms with Gasteiger partial charge in [0.1, 0.15) is 5.82 Å². The minimum Gasteiger partial charge on any atom is -0.350 e. The first-order chi connectivity index (χ1) is 13.5. The van der Waals surface area contributed by atoms with E-state index in [0.29, 0.717) is 11.7 Å². The summed E-state index contributed by atoms with van der Waals surface area (Å²) >= 11 is 1.34. The molecule has 1 aromatic heterocycles. The van der Waals surface area contributed by atoms with Gasteiger partial charge in [-0.25, -0.2) is 0 Å². The average Bonchev–Trinajstić information content (AvgIpc) is 2.98. The van der Waals surface area contributed by atoms with Crippen molar-refractivity contribution >= 4 is 23.6 Å². The molecule has 158 valence electrons. The molecule has 0 bridgehead atoms. The number of rotatable bonds is 7. The SMILES string of the molecule is CCN(CC(=O)NC(C)(C)C)C(=O)CSc1nnc(C)n1-c1cc(C)ccc1C. The number of aromatic nitrogens is 3. The van der Waals surface area contributed by atoms with Crippen LogP contribution >= 0.6 is 11.8 Å². The van der Waals surface area contributed by atoms with E-state index < -0.39 is 0 Å². The average molecular weight is 418 g/mol. The second kappa shape index (κ2) is 9.43. The molecule has 2 rings (SSSR count). The third-order valence-electron chi connectivity index (χ3n) is 4.31. The molecule has 1 N–H and O–H groups in total. The smallest absolute Gasteiger partial charge is 0.240 e. The summed E-state index contributed by atoms with van der Waals surface area (Å²) < 4.78 is 1.98. The van der Waals surface area contributed by atoms with E-state index in [-0.39, 0.29) is 29.7 Å². The summed E-state index contributed by atoms with van der Waals surface area (Å²) in [7, 11) is 0. The van der Waals surface area contributed by atoms with E-state index in [9.17, 15) is 9.59 Å². The number of hydrogen-bond acceptors (Lipinski definition) is 5. The monoisotopic (exact) mass is 417 g/mol. The molecular weight excluding hydrogens is 386 g/mol. The van der Waals surface area contributed by atoms with Gasteiger partial charge in [-0.05, 0) is 65.7 Å². The van der Waals surface area contributed by atoms with E-state index in [1.807, 2.05) is 53.0 Å². The van der Waals surface area contributed by atoms with Crippen LogP contribution in [0.5, 0.6) is 0 Å². The van der Waals surface area contributed by atoms with Crippen LogP contribution < -0.4 is 5.32 Å². The molecule has 1 heterocycles. The quantitative estimate of drug-likeness (QED) is 0.701. The zero-order chi connectivity index (χ0) is 21.8. The van der Waals surface area contributed by atoms with E-state index in [0.717, 1.165) is 22.6 Å². The molecule has 0 saturated carbocycles. The van der Waals surface area contributed by atoms with Crippen LogP contribution in [0.3, 0.4) is 0 Å². The van der Waals surface area contributed by atoms with Crippen molar-refractivity contribution in [2.45, 2.75) is 59.2 Å². The van der Waals surface area contributed by atoms with Crippen molar-refractivity contribution in [1.82, 2.24) is 25.0 Å². The summed E-state index contributed by atoms with van der Waals surface area (Å²) in [5.41, 5.74) is 2.95. The molecule has 0 spiro atoms. The normalized spacial score (nSPS) is 11.4. The van der Waals surface area contributed by atoms with E-state index in [1.54, 1.807) is 4.90 Å². The van der Waals surface area contributed by atoms with Crippen molar-refractivity contribution in [2.75, 3.05) is 18.8 Å². The van der Waals surface area contributed by atoms with Crippen LogP contribution in [-0.4, -0.2) is 55.9 Å². The number of carbonyl (C=O) groups is 2. The molecule has 8 heteroatoms. The highest BCUT2D eigenvalue weighted by atomic mass is 32.2. The minimum absolute atomic E-state index is 0.0515. The fourth-order valence-electron chi connectivity index (χ4n) is 2.90. The number of thioether (sulfide) groups is 1. The van der Waals surface area contributed by atoms with E-state index >= 15 is 0 Å². The molecule has 0 unspecified atom stereocenters. The molecule has 0 radical (unpaired) electrons. The third-order valence-corrected chi connectivity index (χ3v) is 5.22. The van der Waals surface area contributed by atoms with Crippen LogP contribution in [-0.2, 0) is 9.59 Å². The lowest BCUT2D eigenvalue weighted by Crippen LogP contribution is -2.47. The molecule has 0 aliphatic rings. The maximum Gasteiger partial charge on any atom is 0.240 e. The fourth-order valence-corrected chi connectivity index (χ4v) is 3.79. The third kappa shape index (κ3) is 6.32. The fraction of sp³-hybridized carbons (Fsp3) is 0.524. The second-order valence-electron chi connectivity index (χ2n) is 8.15. The number of amides is 2. The molecule has 29 heavy (non-hydrogen) atoms. The Hall–Kier alpha value is -2.35. The Balaban J connectivity index is 2.10. The number of aryl methyl sites for hydroxylation is 3. The van der Waals surface area contributed by atoms with Crippen molar-refractivity contribution < 1.29 is 9.59 Å². The number of likely N-dealkylation sites (N-methyl/N-ethyl adjacent to an activating group) is 1. The lowest BCUT2D eigenvalue weighted by molar-refractivity contribution is -0.134. The summed E-state index contributed by atoms with van der Waals surface area (Å²) in [5, 5.41) is 12.0. The largest absolute Gasteiger partial charge is 0.350 e. The van der Waals surface area contributed by atoms with Gasteiger partial charge in [0.15, 0.2) is 5.16 Å². The van der Waals surface area contributed by atoms with Crippen molar-refractivity contribution in [3.8, 4) is 5.69 Å². The number of hydrogen-bond donors (Lipinski definition) is 1. The molecule has 0 atom stereocenters. The van der Waals surface area contributed by atoms with Gasteiger partial charge in [0.25, 0.3) is 0 Å². The Bertz CT molecular complexity index is 886. The highest BCUT2D eigenvalue weighted by molar-refractivity contribution is 7.99. The van der Waals surface area contributed by atoms with Gasteiger partial charge in [-0.3, -0.25) is 14.2 Å². The molecule has 0 fully saturated rings. The molecule has 0 aliphatic carbocycles. The summed E-state index contributed by atoms with van der Waals surface area (Å²) in [6.07, 6.45) is 0. The molecule has 7 nitrogen and oxygen atoms in total. The zero-order valence-corrected chi connectivity index (χ0v) is 19.2. The summed E-state index contributed by atoms with van der Waals surface area (Å²) in [4.78, 5) is 26.4. The second-order valence-corrected chi connectivity index (χ2v) is 9.09. The van der Waals surface area contributed by atoms with Gasteiger partial charge in [0.2, 0.25) is 11.8 Å². The Morgan fingerprint density at radius 2 is 1.86 bits per heavy atom. The number of nitrogens with zero attached hydrogens (tertiary/aromatic N) is 4. The van der Waals surface area contributed by atoms with Crippen LogP contribution in [0, 0.1) is 20.8 Å². The van der Waals surface area contributed by atoms with E-state index in [1.165, 1.54) is 11.8 Å². The summed E-state index contributed by atoms with van der Waals surface area (Å²) in [6, 6.07) is 6.22. The van der Waals surface area contributed by atoms with Crippen molar-refractivity contribution in [2.24, 2.45) is 0 Å². The van der Waals surface area contributed by atoms with Crippen LogP contribution in [0.25, 0.3) is 5.69 Å². The Labute approximate surface area is 177 Å². The Morgan fingerprint density at radius 3 is 2.48 bits per heavy atom. The molecule has 0 saturated heterocycles. The number of benzene rings is 1. The highest BCUT2D eigenvalue weighted by Gasteiger charge is 2.21. The van der Waals surface area contributed by atoms with Crippen LogP contribution in [0.4, 0.5) is 0 Å². The minimum atomic E-state index is -0.325. The highest BCUT2D eigenvalue weighted by Crippen LogP contribution is 2.25. The molecule has 1 aromatic carbocycles. The van der Waals surface area contributed by atoms with Crippen molar-refractivity contribution in [3.63, 3.8) is 0 Å². The topological polar surface area (TPSA) is 80.1 Å². The van der Waals surface area contributed by atoms with Crippen LogP contribution in [0.15, 0.2) is 23.4 Å². The Kier molecular flexibility index (Phi) is 7.46. The predicted octanol–water partition coefficient (Wildman–Crippen LogP) is 3.05. The van der Waals surface area contributed by atoms with Gasteiger partial charge in [0, 0.05) is 12.1 Å². The lowest BCUT2D eigenvalue weighted by atomic mass is 10.1. The van der Waals surface area contributed by atoms with Crippen LogP contribution in [0.1, 0.15) is 44.6 Å². The maximum atomic E-state index is 12.7. The van der Waals surface area contributed by atoms with E-state index in [4.69, 9.17) is 0 Å². The Morgan fingerprint density at radius 1 is 1.17 bits per heavy atom. The zero-order valence-electron chi connectivity index (χ0n) is 18.4. The number of carbonyl (C=O) groups excluding carboxylic acids is 2. The molecule has 2 amide bonds. The van der Waals surface area contributed by atoms with E-state index in [2.05, 4.69) is 33.7 Å². The van der Waals surface area contributed by atoms with Crippen molar-refractivity contribution in [1.29, 1.82) is 0 Å². The maximum absolute atomic E-state index is 12.7. The van der Waals surface area contributed by atoms with Gasteiger partial charge >= 0.3 is 0 Å². The summed E-state index contributed by atoms with van der Waals surface area (Å²) in [6.45, 7) is 14.1. The van der Waals surface area contributed by atoms with Gasteiger partial charge in [-0.2, -0.15) is 0 Å². The number of nitrogens with one attached hydrogen (secondary N) is 1.